The first-order chi connectivity index (χ1) is 29.6. The Labute approximate surface area is 433 Å². The van der Waals surface area contributed by atoms with Crippen LogP contribution in [-0.4, -0.2) is 50.4 Å². The maximum absolute atomic E-state index is 11.1. The third-order valence-electron chi connectivity index (χ3n) is 9.40. The summed E-state index contributed by atoms with van der Waals surface area (Å²) in [4.78, 5) is 10.6. The molecule has 1 atom stereocenters. The summed E-state index contributed by atoms with van der Waals surface area (Å²) in [5.41, 5.74) is 1.41. The lowest BCUT2D eigenvalue weighted by molar-refractivity contribution is -0.146. The Morgan fingerprint density at radius 2 is 1.16 bits per heavy atom. The maximum atomic E-state index is 11.1. The number of hydrogen-bond donors (Lipinski definition) is 2. The normalized spacial score (nSPS) is 12.0. The number of unbranched alkanes of at least 4 members (excludes halogenated alkanes) is 3. The van der Waals surface area contributed by atoms with Crippen LogP contribution in [-0.2, 0) is 19.4 Å². The molecule has 0 aromatic heterocycles. The Hall–Kier alpha value is -1.70. The molecule has 1 aliphatic carbocycles. The standard InChI is InChI=1S/C9H18.C9H12.2C9H20.C7H17NO2S.C7H12O2.C4H10.C3H8O.4CH4/c2*1-8(2)9-6-4-3-5-7-9;1-5-6-9(4)7-8(2)3;1-4-5-6-7-8-9(2)3;1-7(2)4-5-11(9,10)6-8-3;1-4-5-7(8)9-6(2)3;1-4(2)3;1-3(2)4;;;;/h8-9H,3-7H2,1-2H3;3-8H,1-2H3;8-9H,5-7H2,1-4H3;9H,4-8H2,1-3H3;7-8H,4-6H2,1-3H3;4,6H,1,5H2,2-3H3;4H,1-3H3;3-4H,1-2H3;4*1H4. The number of carbonyl (C=O) groups excluding carboxylic acids is 1. The molecule has 418 valence electrons. The van der Waals surface area contributed by atoms with Crippen molar-refractivity contribution in [3.63, 3.8) is 0 Å². The van der Waals surface area contributed by atoms with Gasteiger partial charge in [0.05, 0.1) is 24.2 Å². The molecule has 1 unspecified atom stereocenters. The average Bonchev–Trinajstić information content (AvgIpc) is 3.17. The van der Waals surface area contributed by atoms with Crippen LogP contribution in [0, 0.1) is 41.4 Å². The zero-order valence-corrected chi connectivity index (χ0v) is 47.8. The molecular formula is C61H133NO5S. The number of aliphatic hydroxyl groups is 1. The van der Waals surface area contributed by atoms with Gasteiger partial charge in [0, 0.05) is 6.10 Å². The average molecular weight is 993 g/mol. The zero-order chi connectivity index (χ0) is 51.1. The summed E-state index contributed by atoms with van der Waals surface area (Å²) < 4.78 is 26.9. The number of rotatable bonds is 19. The van der Waals surface area contributed by atoms with E-state index in [1.807, 2.05) is 33.8 Å². The predicted molar refractivity (Wildman–Crippen MR) is 317 cm³/mol. The molecule has 1 aromatic carbocycles. The monoisotopic (exact) mass is 992 g/mol. The van der Waals surface area contributed by atoms with Gasteiger partial charge in [-0.2, -0.15) is 0 Å². The smallest absolute Gasteiger partial charge is 0.309 e. The van der Waals surface area contributed by atoms with Crippen molar-refractivity contribution >= 4 is 15.8 Å². The molecule has 2 N–H and O–H groups in total. The van der Waals surface area contributed by atoms with Crippen LogP contribution in [0.3, 0.4) is 0 Å². The highest BCUT2D eigenvalue weighted by atomic mass is 32.2. The number of esters is 1. The topological polar surface area (TPSA) is 92.7 Å². The van der Waals surface area contributed by atoms with Gasteiger partial charge in [-0.25, -0.2) is 8.42 Å². The number of aliphatic hydroxyl groups excluding tert-OH is 1. The van der Waals surface area contributed by atoms with Gasteiger partial charge in [-0.05, 0) is 100 Å². The number of carbonyl (C=O) groups is 1. The van der Waals surface area contributed by atoms with Crippen molar-refractivity contribution in [3.8, 4) is 0 Å². The Morgan fingerprint density at radius 1 is 0.706 bits per heavy atom. The van der Waals surface area contributed by atoms with Crippen molar-refractivity contribution in [1.29, 1.82) is 0 Å². The van der Waals surface area contributed by atoms with Gasteiger partial charge in [-0.1, -0.05) is 254 Å². The largest absolute Gasteiger partial charge is 0.463 e. The van der Waals surface area contributed by atoms with Crippen molar-refractivity contribution in [2.24, 2.45) is 41.4 Å². The minimum atomic E-state index is -2.84. The number of hydrogen-bond acceptors (Lipinski definition) is 6. The van der Waals surface area contributed by atoms with E-state index in [0.29, 0.717) is 24.0 Å². The first-order valence-corrected chi connectivity index (χ1v) is 27.9. The van der Waals surface area contributed by atoms with Crippen LogP contribution < -0.4 is 5.32 Å². The highest BCUT2D eigenvalue weighted by molar-refractivity contribution is 7.91. The van der Waals surface area contributed by atoms with Crippen LogP contribution in [0.4, 0.5) is 0 Å². The molecular weight excluding hydrogens is 859 g/mol. The van der Waals surface area contributed by atoms with Gasteiger partial charge in [0.15, 0.2) is 9.84 Å². The fraction of sp³-hybridized carbons (Fsp3) is 0.852. The zero-order valence-electron chi connectivity index (χ0n) is 47.0. The van der Waals surface area contributed by atoms with Crippen molar-refractivity contribution < 1.29 is 23.1 Å². The fourth-order valence-corrected chi connectivity index (χ4v) is 7.58. The van der Waals surface area contributed by atoms with Crippen LogP contribution in [0.25, 0.3) is 0 Å². The molecule has 0 radical (unpaired) electrons. The van der Waals surface area contributed by atoms with E-state index in [2.05, 4.69) is 133 Å². The Bertz CT molecular complexity index is 1140. The molecule has 1 aliphatic rings. The molecule has 1 fully saturated rings. The summed E-state index contributed by atoms with van der Waals surface area (Å²) >= 11 is 0. The molecule has 7 heteroatoms. The molecule has 0 spiro atoms. The highest BCUT2D eigenvalue weighted by Gasteiger charge is 2.15. The van der Waals surface area contributed by atoms with E-state index in [4.69, 9.17) is 9.84 Å². The lowest BCUT2D eigenvalue weighted by Gasteiger charge is -2.24. The maximum Gasteiger partial charge on any atom is 0.309 e. The second-order valence-corrected chi connectivity index (χ2v) is 23.1. The van der Waals surface area contributed by atoms with Crippen LogP contribution in [0.2, 0.25) is 0 Å². The fourth-order valence-electron chi connectivity index (χ4n) is 6.17. The van der Waals surface area contributed by atoms with Gasteiger partial charge < -0.3 is 15.2 Å². The molecule has 1 saturated carbocycles. The quantitative estimate of drug-likeness (QED) is 0.0815. The van der Waals surface area contributed by atoms with Crippen molar-refractivity contribution in [2.45, 2.75) is 283 Å². The molecule has 0 bridgehead atoms. The second-order valence-electron chi connectivity index (χ2n) is 21.0. The van der Waals surface area contributed by atoms with Crippen LogP contribution in [0.5, 0.6) is 0 Å². The predicted octanol–water partition coefficient (Wildman–Crippen LogP) is 19.8. The Morgan fingerprint density at radius 3 is 1.46 bits per heavy atom. The number of nitrogens with one attached hydrogen (secondary N) is 1. The van der Waals surface area contributed by atoms with Gasteiger partial charge in [-0.15, -0.1) is 6.58 Å². The summed E-state index contributed by atoms with van der Waals surface area (Å²) in [6.07, 6.45) is 21.1. The van der Waals surface area contributed by atoms with Gasteiger partial charge >= 0.3 is 5.97 Å². The van der Waals surface area contributed by atoms with Crippen molar-refractivity contribution in [2.75, 3.05) is 18.7 Å². The molecule has 2 rings (SSSR count). The first kappa shape index (κ1) is 89.2. The van der Waals surface area contributed by atoms with Crippen molar-refractivity contribution in [1.82, 2.24) is 5.32 Å². The first-order valence-electron chi connectivity index (χ1n) is 26.0. The van der Waals surface area contributed by atoms with Crippen LogP contribution in [0.15, 0.2) is 43.0 Å². The summed E-state index contributed by atoms with van der Waals surface area (Å²) in [6, 6.07) is 10.5. The van der Waals surface area contributed by atoms with Crippen LogP contribution >= 0.6 is 0 Å². The van der Waals surface area contributed by atoms with Crippen molar-refractivity contribution in [3.05, 3.63) is 48.6 Å². The summed E-state index contributed by atoms with van der Waals surface area (Å²) in [6.45, 7) is 46.2. The van der Waals surface area contributed by atoms with E-state index >= 15 is 0 Å². The molecule has 0 amide bonds. The molecule has 1 aromatic rings. The molecule has 0 heterocycles. The lowest BCUT2D eigenvalue weighted by Crippen LogP contribution is -2.22. The Kier molecular flexibility index (Phi) is 83.0. The minimum Gasteiger partial charge on any atom is -0.463 e. The number of ether oxygens (including phenoxy) is 1. The molecule has 0 saturated heterocycles. The van der Waals surface area contributed by atoms with Gasteiger partial charge in [0.1, 0.15) is 0 Å². The van der Waals surface area contributed by atoms with E-state index < -0.39 is 9.84 Å². The number of sulfone groups is 1. The van der Waals surface area contributed by atoms with E-state index in [-0.39, 0.29) is 53.8 Å². The van der Waals surface area contributed by atoms with Gasteiger partial charge in [0.25, 0.3) is 0 Å². The highest BCUT2D eigenvalue weighted by Crippen LogP contribution is 2.29. The van der Waals surface area contributed by atoms with Gasteiger partial charge in [-0.3, -0.25) is 4.79 Å². The summed E-state index contributed by atoms with van der Waals surface area (Å²) in [5.74, 6) is 6.85. The summed E-state index contributed by atoms with van der Waals surface area (Å²) in [5, 5.41) is 10.7. The molecule has 68 heavy (non-hydrogen) atoms. The van der Waals surface area contributed by atoms with Gasteiger partial charge in [0.2, 0.25) is 0 Å². The second kappa shape index (κ2) is 63.3. The van der Waals surface area contributed by atoms with Crippen LogP contribution in [0.1, 0.15) is 276 Å². The minimum absolute atomic E-state index is 0. The summed E-state index contributed by atoms with van der Waals surface area (Å²) in [7, 11) is -1.19. The number of benzene rings is 1. The van der Waals surface area contributed by atoms with E-state index in [1.54, 1.807) is 20.9 Å². The van der Waals surface area contributed by atoms with E-state index in [0.717, 1.165) is 41.9 Å². The lowest BCUT2D eigenvalue weighted by atomic mass is 9.82. The third kappa shape index (κ3) is 94.2. The SMILES string of the molecule is C.C.C.C.C=CCC(=O)OC(C)C.CC(C)C.CC(C)C1CCCCC1.CC(C)O.CC(C)c1ccccc1.CCCC(C)CC(C)C.CCCCCCC(C)C.CNCS(=O)(=O)CCC(C)C. The Balaban J connectivity index is -0.0000000711. The molecule has 6 nitrogen and oxygen atoms in total. The van der Waals surface area contributed by atoms with E-state index in [9.17, 15) is 13.2 Å². The third-order valence-corrected chi connectivity index (χ3v) is 11.0. The molecule has 0 aliphatic heterocycles. The van der Waals surface area contributed by atoms with E-state index in [1.165, 1.54) is 95.1 Å².